The molecule has 0 aliphatic carbocycles. The molecule has 0 amide bonds. The van der Waals surface area contributed by atoms with Crippen LogP contribution in [0.4, 0.5) is 0 Å². The molecule has 78 valence electrons. The summed E-state index contributed by atoms with van der Waals surface area (Å²) in [5, 5.41) is 3.70. The van der Waals surface area contributed by atoms with Crippen LogP contribution >= 0.6 is 0 Å². The van der Waals surface area contributed by atoms with E-state index < -0.39 is 0 Å². The standard InChI is InChI=1S/C11H11NO3/c1-8(13)14-10-5-3-2-4-9(10)11-6-7-12-15-11/h2-5,7,11H,6H2,1H3. The maximum absolute atomic E-state index is 10.9. The van der Waals surface area contributed by atoms with Crippen molar-refractivity contribution in [2.24, 2.45) is 5.16 Å². The molecular weight excluding hydrogens is 194 g/mol. The Bertz CT molecular complexity index is 393. The first-order chi connectivity index (χ1) is 7.27. The Morgan fingerprint density at radius 2 is 2.33 bits per heavy atom. The normalized spacial score (nSPS) is 18.6. The van der Waals surface area contributed by atoms with E-state index in [2.05, 4.69) is 5.16 Å². The summed E-state index contributed by atoms with van der Waals surface area (Å²) < 4.78 is 5.08. The van der Waals surface area contributed by atoms with E-state index in [0.29, 0.717) is 12.2 Å². The van der Waals surface area contributed by atoms with Gasteiger partial charge in [-0.05, 0) is 6.07 Å². The summed E-state index contributed by atoms with van der Waals surface area (Å²) in [5.74, 6) is 0.210. The van der Waals surface area contributed by atoms with Gasteiger partial charge in [-0.3, -0.25) is 4.79 Å². The number of benzene rings is 1. The van der Waals surface area contributed by atoms with Crippen LogP contribution in [-0.4, -0.2) is 12.2 Å². The molecule has 0 bridgehead atoms. The maximum atomic E-state index is 10.9. The van der Waals surface area contributed by atoms with Crippen molar-refractivity contribution >= 4 is 12.2 Å². The van der Waals surface area contributed by atoms with Crippen LogP contribution in [0.2, 0.25) is 0 Å². The number of hydrogen-bond donors (Lipinski definition) is 0. The van der Waals surface area contributed by atoms with Gasteiger partial charge < -0.3 is 9.57 Å². The van der Waals surface area contributed by atoms with Gasteiger partial charge in [0, 0.05) is 25.1 Å². The molecule has 15 heavy (non-hydrogen) atoms. The number of nitrogens with zero attached hydrogens (tertiary/aromatic N) is 1. The average molecular weight is 205 g/mol. The van der Waals surface area contributed by atoms with Crippen molar-refractivity contribution < 1.29 is 14.4 Å². The van der Waals surface area contributed by atoms with E-state index in [1.54, 1.807) is 12.3 Å². The summed E-state index contributed by atoms with van der Waals surface area (Å²) in [6.45, 7) is 1.38. The fourth-order valence-corrected chi connectivity index (χ4v) is 1.48. The number of para-hydroxylation sites is 1. The highest BCUT2D eigenvalue weighted by Gasteiger charge is 2.20. The Labute approximate surface area is 87.5 Å². The van der Waals surface area contributed by atoms with Gasteiger partial charge in [0.25, 0.3) is 0 Å². The van der Waals surface area contributed by atoms with Crippen molar-refractivity contribution in [3.05, 3.63) is 29.8 Å². The lowest BCUT2D eigenvalue weighted by molar-refractivity contribution is -0.132. The van der Waals surface area contributed by atoms with Gasteiger partial charge in [0.1, 0.15) is 5.75 Å². The second-order valence-corrected chi connectivity index (χ2v) is 3.25. The number of hydrogen-bond acceptors (Lipinski definition) is 4. The zero-order valence-electron chi connectivity index (χ0n) is 8.34. The monoisotopic (exact) mass is 205 g/mol. The van der Waals surface area contributed by atoms with Gasteiger partial charge in [-0.1, -0.05) is 23.4 Å². The fourth-order valence-electron chi connectivity index (χ4n) is 1.48. The van der Waals surface area contributed by atoms with Gasteiger partial charge >= 0.3 is 5.97 Å². The first-order valence-electron chi connectivity index (χ1n) is 4.72. The molecule has 1 unspecified atom stereocenters. The van der Waals surface area contributed by atoms with Crippen molar-refractivity contribution in [2.45, 2.75) is 19.4 Å². The molecule has 1 heterocycles. The SMILES string of the molecule is CC(=O)Oc1ccccc1C1CC=NO1. The van der Waals surface area contributed by atoms with Gasteiger partial charge in [-0.15, -0.1) is 0 Å². The Balaban J connectivity index is 2.25. The lowest BCUT2D eigenvalue weighted by Crippen LogP contribution is -2.06. The van der Waals surface area contributed by atoms with E-state index in [9.17, 15) is 4.79 Å². The maximum Gasteiger partial charge on any atom is 0.308 e. The first kappa shape index (κ1) is 9.71. The number of esters is 1. The second-order valence-electron chi connectivity index (χ2n) is 3.25. The van der Waals surface area contributed by atoms with Crippen LogP contribution in [0.15, 0.2) is 29.4 Å². The van der Waals surface area contributed by atoms with E-state index in [1.807, 2.05) is 18.2 Å². The summed E-state index contributed by atoms with van der Waals surface area (Å²) in [6.07, 6.45) is 2.27. The predicted molar refractivity (Wildman–Crippen MR) is 54.7 cm³/mol. The molecule has 1 atom stereocenters. The van der Waals surface area contributed by atoms with E-state index in [0.717, 1.165) is 5.56 Å². The molecule has 4 heteroatoms. The second kappa shape index (κ2) is 4.13. The van der Waals surface area contributed by atoms with Crippen LogP contribution in [0, 0.1) is 0 Å². The summed E-state index contributed by atoms with van der Waals surface area (Å²) in [6, 6.07) is 7.32. The molecule has 2 rings (SSSR count). The Morgan fingerprint density at radius 1 is 1.53 bits per heavy atom. The summed E-state index contributed by atoms with van der Waals surface area (Å²) in [5.41, 5.74) is 0.852. The van der Waals surface area contributed by atoms with Gasteiger partial charge in [0.15, 0.2) is 6.10 Å². The van der Waals surface area contributed by atoms with Crippen molar-refractivity contribution in [1.82, 2.24) is 0 Å². The largest absolute Gasteiger partial charge is 0.426 e. The minimum Gasteiger partial charge on any atom is -0.426 e. The Hall–Kier alpha value is -1.84. The minimum absolute atomic E-state index is 0.138. The Morgan fingerprint density at radius 3 is 3.00 bits per heavy atom. The number of oxime groups is 1. The molecule has 0 saturated carbocycles. The molecule has 0 spiro atoms. The summed E-state index contributed by atoms with van der Waals surface area (Å²) in [4.78, 5) is 16.0. The van der Waals surface area contributed by atoms with E-state index in [-0.39, 0.29) is 12.1 Å². The molecule has 1 aliphatic rings. The van der Waals surface area contributed by atoms with Crippen LogP contribution in [0.3, 0.4) is 0 Å². The van der Waals surface area contributed by atoms with Crippen molar-refractivity contribution in [2.75, 3.05) is 0 Å². The van der Waals surface area contributed by atoms with E-state index in [4.69, 9.17) is 9.57 Å². The van der Waals surface area contributed by atoms with E-state index in [1.165, 1.54) is 6.92 Å². The molecule has 0 aromatic heterocycles. The van der Waals surface area contributed by atoms with Crippen molar-refractivity contribution in [1.29, 1.82) is 0 Å². The van der Waals surface area contributed by atoms with Crippen molar-refractivity contribution in [3.63, 3.8) is 0 Å². The number of rotatable bonds is 2. The van der Waals surface area contributed by atoms with Crippen LogP contribution in [-0.2, 0) is 9.63 Å². The zero-order valence-corrected chi connectivity index (χ0v) is 8.34. The molecule has 0 saturated heterocycles. The highest BCUT2D eigenvalue weighted by atomic mass is 16.6. The van der Waals surface area contributed by atoms with Gasteiger partial charge in [0.2, 0.25) is 0 Å². The summed E-state index contributed by atoms with van der Waals surface area (Å²) >= 11 is 0. The molecule has 1 aliphatic heterocycles. The average Bonchev–Trinajstić information content (AvgIpc) is 2.70. The van der Waals surface area contributed by atoms with Crippen molar-refractivity contribution in [3.8, 4) is 5.75 Å². The lowest BCUT2D eigenvalue weighted by Gasteiger charge is -2.12. The molecule has 0 radical (unpaired) electrons. The molecular formula is C11H11NO3. The van der Waals surface area contributed by atoms with Crippen LogP contribution in [0.25, 0.3) is 0 Å². The van der Waals surface area contributed by atoms with Crippen LogP contribution in [0.5, 0.6) is 5.75 Å². The highest BCUT2D eigenvalue weighted by molar-refractivity contribution is 5.70. The number of ether oxygens (including phenoxy) is 1. The van der Waals surface area contributed by atoms with Crippen LogP contribution < -0.4 is 4.74 Å². The lowest BCUT2D eigenvalue weighted by atomic mass is 10.1. The molecule has 1 aromatic rings. The third kappa shape index (κ3) is 2.15. The topological polar surface area (TPSA) is 47.9 Å². The first-order valence-corrected chi connectivity index (χ1v) is 4.72. The third-order valence-electron chi connectivity index (χ3n) is 2.10. The van der Waals surface area contributed by atoms with Gasteiger partial charge in [-0.2, -0.15) is 0 Å². The molecule has 0 fully saturated rings. The number of carbonyl (C=O) groups excluding carboxylic acids is 1. The Kier molecular flexibility index (Phi) is 2.67. The molecule has 0 N–H and O–H groups in total. The van der Waals surface area contributed by atoms with Gasteiger partial charge in [0.05, 0.1) is 0 Å². The smallest absolute Gasteiger partial charge is 0.308 e. The minimum atomic E-state index is -0.332. The fraction of sp³-hybridized carbons (Fsp3) is 0.273. The predicted octanol–water partition coefficient (Wildman–Crippen LogP) is 2.06. The summed E-state index contributed by atoms with van der Waals surface area (Å²) in [7, 11) is 0. The van der Waals surface area contributed by atoms with E-state index >= 15 is 0 Å². The number of carbonyl (C=O) groups is 1. The van der Waals surface area contributed by atoms with Gasteiger partial charge in [-0.25, -0.2) is 0 Å². The third-order valence-corrected chi connectivity index (χ3v) is 2.10. The highest BCUT2D eigenvalue weighted by Crippen LogP contribution is 2.31. The quantitative estimate of drug-likeness (QED) is 0.548. The molecule has 1 aromatic carbocycles. The zero-order chi connectivity index (χ0) is 10.7. The van der Waals surface area contributed by atoms with Crippen LogP contribution in [0.1, 0.15) is 25.0 Å². The molecule has 4 nitrogen and oxygen atoms in total.